The normalized spacial score (nSPS) is 14.0. The number of aromatic carboxylic acids is 1. The molecule has 0 saturated heterocycles. The predicted octanol–water partition coefficient (Wildman–Crippen LogP) is 3.61. The summed E-state index contributed by atoms with van der Waals surface area (Å²) in [5.41, 5.74) is 3.32. The molecule has 108 valence electrons. The zero-order chi connectivity index (χ0) is 14.8. The fraction of sp³-hybridized carbons (Fsp3) is 0.235. The molecule has 0 radical (unpaired) electrons. The number of aryl methyl sites for hydroxylation is 1. The van der Waals surface area contributed by atoms with E-state index in [1.54, 1.807) is 12.1 Å². The van der Waals surface area contributed by atoms with Gasteiger partial charge in [0.2, 0.25) is 0 Å². The Morgan fingerprint density at radius 1 is 1.19 bits per heavy atom. The maximum atomic E-state index is 11.1. The lowest BCUT2D eigenvalue weighted by atomic mass is 10.1. The van der Waals surface area contributed by atoms with E-state index in [-0.39, 0.29) is 0 Å². The number of anilines is 2. The van der Waals surface area contributed by atoms with Crippen molar-refractivity contribution >= 4 is 17.3 Å². The molecule has 4 heteroatoms. The summed E-state index contributed by atoms with van der Waals surface area (Å²) in [6.07, 6.45) is 0.925. The minimum Gasteiger partial charge on any atom is -0.491 e. The second-order valence-electron chi connectivity index (χ2n) is 5.13. The van der Waals surface area contributed by atoms with Crippen molar-refractivity contribution in [2.45, 2.75) is 13.3 Å². The third-order valence-corrected chi connectivity index (χ3v) is 3.67. The first-order valence-corrected chi connectivity index (χ1v) is 7.00. The standard InChI is InChI=1S/C17H17NO3/c1-12-11-13(17(19)20)7-8-14(12)18-9-4-10-21-16-6-3-2-5-15(16)18/h2-3,5-8,11H,4,9-10H2,1H3,(H,19,20). The van der Waals surface area contributed by atoms with Gasteiger partial charge in [-0.2, -0.15) is 0 Å². The Hall–Kier alpha value is -2.49. The molecule has 0 amide bonds. The van der Waals surface area contributed by atoms with Crippen molar-refractivity contribution in [1.82, 2.24) is 0 Å². The lowest BCUT2D eigenvalue weighted by Crippen LogP contribution is -2.18. The molecule has 21 heavy (non-hydrogen) atoms. The van der Waals surface area contributed by atoms with Crippen LogP contribution in [0, 0.1) is 6.92 Å². The van der Waals surface area contributed by atoms with Crippen LogP contribution in [0.25, 0.3) is 0 Å². The fourth-order valence-corrected chi connectivity index (χ4v) is 2.67. The van der Waals surface area contributed by atoms with Crippen molar-refractivity contribution in [2.24, 2.45) is 0 Å². The Kier molecular flexibility index (Phi) is 3.52. The zero-order valence-electron chi connectivity index (χ0n) is 11.9. The number of ether oxygens (including phenoxy) is 1. The molecule has 2 aromatic carbocycles. The molecular formula is C17H17NO3. The van der Waals surface area contributed by atoms with Gasteiger partial charge in [-0.3, -0.25) is 0 Å². The third kappa shape index (κ3) is 2.57. The van der Waals surface area contributed by atoms with Crippen molar-refractivity contribution in [3.05, 3.63) is 53.6 Å². The first kappa shape index (κ1) is 13.5. The van der Waals surface area contributed by atoms with Crippen LogP contribution in [-0.4, -0.2) is 24.2 Å². The molecule has 2 aromatic rings. The van der Waals surface area contributed by atoms with Crippen LogP contribution in [-0.2, 0) is 0 Å². The van der Waals surface area contributed by atoms with Crippen molar-refractivity contribution in [3.8, 4) is 5.75 Å². The molecule has 0 atom stereocenters. The predicted molar refractivity (Wildman–Crippen MR) is 81.7 cm³/mol. The quantitative estimate of drug-likeness (QED) is 0.914. The van der Waals surface area contributed by atoms with E-state index in [0.29, 0.717) is 12.2 Å². The number of carboxylic acid groups (broad SMARTS) is 1. The number of rotatable bonds is 2. The van der Waals surface area contributed by atoms with Gasteiger partial charge in [-0.05, 0) is 49.2 Å². The van der Waals surface area contributed by atoms with Gasteiger partial charge in [-0.25, -0.2) is 4.79 Å². The summed E-state index contributed by atoms with van der Waals surface area (Å²) in [5, 5.41) is 9.08. The minimum absolute atomic E-state index is 0.315. The molecule has 3 rings (SSSR count). The van der Waals surface area contributed by atoms with Crippen LogP contribution >= 0.6 is 0 Å². The SMILES string of the molecule is Cc1cc(C(=O)O)ccc1N1CCCOc2ccccc21. The molecule has 1 aliphatic heterocycles. The van der Waals surface area contributed by atoms with Crippen molar-refractivity contribution < 1.29 is 14.6 Å². The summed E-state index contributed by atoms with van der Waals surface area (Å²) in [6, 6.07) is 13.2. The van der Waals surface area contributed by atoms with Crippen molar-refractivity contribution in [1.29, 1.82) is 0 Å². The van der Waals surface area contributed by atoms with E-state index in [9.17, 15) is 4.79 Å². The van der Waals surface area contributed by atoms with Crippen LogP contribution < -0.4 is 9.64 Å². The molecule has 4 nitrogen and oxygen atoms in total. The van der Waals surface area contributed by atoms with E-state index >= 15 is 0 Å². The van der Waals surface area contributed by atoms with Gasteiger partial charge in [0.15, 0.2) is 0 Å². The molecule has 0 unspecified atom stereocenters. The van der Waals surface area contributed by atoms with Gasteiger partial charge in [0.1, 0.15) is 5.75 Å². The van der Waals surface area contributed by atoms with Gasteiger partial charge < -0.3 is 14.7 Å². The van der Waals surface area contributed by atoms with Crippen LogP contribution in [0.15, 0.2) is 42.5 Å². The lowest BCUT2D eigenvalue weighted by molar-refractivity contribution is 0.0697. The van der Waals surface area contributed by atoms with E-state index in [0.717, 1.165) is 35.7 Å². The van der Waals surface area contributed by atoms with Crippen LogP contribution in [0.2, 0.25) is 0 Å². The summed E-state index contributed by atoms with van der Waals surface area (Å²) < 4.78 is 5.77. The lowest BCUT2D eigenvalue weighted by Gasteiger charge is -2.25. The Labute approximate surface area is 123 Å². The highest BCUT2D eigenvalue weighted by atomic mass is 16.5. The maximum Gasteiger partial charge on any atom is 0.335 e. The Balaban J connectivity index is 2.06. The monoisotopic (exact) mass is 283 g/mol. The average Bonchev–Trinajstić information content (AvgIpc) is 2.69. The summed E-state index contributed by atoms with van der Waals surface area (Å²) >= 11 is 0. The average molecular weight is 283 g/mol. The molecule has 1 aliphatic rings. The number of hydrogen-bond donors (Lipinski definition) is 1. The summed E-state index contributed by atoms with van der Waals surface area (Å²) in [4.78, 5) is 13.3. The molecule has 0 aliphatic carbocycles. The first-order chi connectivity index (χ1) is 10.2. The van der Waals surface area contributed by atoms with Gasteiger partial charge in [0, 0.05) is 12.2 Å². The van der Waals surface area contributed by atoms with Gasteiger partial charge in [0.25, 0.3) is 0 Å². The van der Waals surface area contributed by atoms with Crippen LogP contribution in [0.4, 0.5) is 11.4 Å². The first-order valence-electron chi connectivity index (χ1n) is 7.00. The molecule has 0 aromatic heterocycles. The highest BCUT2D eigenvalue weighted by Gasteiger charge is 2.19. The summed E-state index contributed by atoms with van der Waals surface area (Å²) in [7, 11) is 0. The van der Waals surface area contributed by atoms with E-state index in [1.165, 1.54) is 0 Å². The molecule has 0 bridgehead atoms. The number of carboxylic acids is 1. The molecule has 1 heterocycles. The Morgan fingerprint density at radius 2 is 2.00 bits per heavy atom. The Morgan fingerprint density at radius 3 is 2.76 bits per heavy atom. The van der Waals surface area contributed by atoms with E-state index in [4.69, 9.17) is 9.84 Å². The number of fused-ring (bicyclic) bond motifs is 1. The van der Waals surface area contributed by atoms with E-state index in [2.05, 4.69) is 4.90 Å². The molecule has 0 saturated carbocycles. The maximum absolute atomic E-state index is 11.1. The van der Waals surface area contributed by atoms with Gasteiger partial charge in [0.05, 0.1) is 17.9 Å². The highest BCUT2D eigenvalue weighted by Crippen LogP contribution is 2.37. The van der Waals surface area contributed by atoms with Crippen molar-refractivity contribution in [3.63, 3.8) is 0 Å². The molecule has 1 N–H and O–H groups in total. The molecular weight excluding hydrogens is 266 g/mol. The Bertz CT molecular complexity index is 681. The summed E-state index contributed by atoms with van der Waals surface area (Å²) in [6.45, 7) is 3.49. The number of para-hydroxylation sites is 2. The number of carbonyl (C=O) groups is 1. The van der Waals surface area contributed by atoms with Gasteiger partial charge in [-0.1, -0.05) is 12.1 Å². The van der Waals surface area contributed by atoms with E-state index < -0.39 is 5.97 Å². The zero-order valence-corrected chi connectivity index (χ0v) is 11.9. The third-order valence-electron chi connectivity index (χ3n) is 3.67. The topological polar surface area (TPSA) is 49.8 Å². The van der Waals surface area contributed by atoms with Crippen LogP contribution in [0.1, 0.15) is 22.3 Å². The fourth-order valence-electron chi connectivity index (χ4n) is 2.67. The molecule has 0 spiro atoms. The van der Waals surface area contributed by atoms with Gasteiger partial charge >= 0.3 is 5.97 Å². The summed E-state index contributed by atoms with van der Waals surface area (Å²) in [5.74, 6) is -0.0269. The largest absolute Gasteiger partial charge is 0.491 e. The second kappa shape index (κ2) is 5.48. The van der Waals surface area contributed by atoms with Crippen molar-refractivity contribution in [2.75, 3.05) is 18.1 Å². The highest BCUT2D eigenvalue weighted by molar-refractivity contribution is 5.89. The molecule has 0 fully saturated rings. The van der Waals surface area contributed by atoms with Gasteiger partial charge in [-0.15, -0.1) is 0 Å². The smallest absolute Gasteiger partial charge is 0.335 e. The van der Waals surface area contributed by atoms with E-state index in [1.807, 2.05) is 37.3 Å². The van der Waals surface area contributed by atoms with Crippen LogP contribution in [0.5, 0.6) is 5.75 Å². The number of nitrogens with zero attached hydrogens (tertiary/aromatic N) is 1. The van der Waals surface area contributed by atoms with Crippen LogP contribution in [0.3, 0.4) is 0 Å². The second-order valence-corrected chi connectivity index (χ2v) is 5.13. The number of hydrogen-bond acceptors (Lipinski definition) is 3. The minimum atomic E-state index is -0.899. The number of benzene rings is 2.